The van der Waals surface area contributed by atoms with E-state index in [1.54, 1.807) is 18.2 Å². The van der Waals surface area contributed by atoms with Gasteiger partial charge in [-0.1, -0.05) is 13.0 Å². The van der Waals surface area contributed by atoms with Crippen molar-refractivity contribution in [1.82, 2.24) is 9.97 Å². The number of aryl methyl sites for hydroxylation is 1. The number of aromatic nitrogens is 2. The van der Waals surface area contributed by atoms with E-state index >= 15 is 0 Å². The molecule has 3 nitrogen and oxygen atoms in total. The fourth-order valence-electron chi connectivity index (χ4n) is 1.70. The predicted octanol–water partition coefficient (Wildman–Crippen LogP) is 3.29. The molecule has 2 aromatic rings. The molecule has 0 atom stereocenters. The van der Waals surface area contributed by atoms with Crippen molar-refractivity contribution in [3.05, 3.63) is 50.7 Å². The second-order valence-corrected chi connectivity index (χ2v) is 4.78. The lowest BCUT2D eigenvalue weighted by Gasteiger charge is -2.05. The number of hydrogen-bond donors (Lipinski definition) is 1. The third-order valence-corrected chi connectivity index (χ3v) is 3.12. The summed E-state index contributed by atoms with van der Waals surface area (Å²) in [5.74, 6) is 0.178. The highest BCUT2D eigenvalue weighted by molar-refractivity contribution is 9.10. The molecule has 0 aliphatic heterocycles. The molecule has 94 valence electrons. The largest absolute Gasteiger partial charge is 0.311 e. The van der Waals surface area contributed by atoms with E-state index in [0.717, 1.165) is 6.42 Å². The summed E-state index contributed by atoms with van der Waals surface area (Å²) in [5.41, 5.74) is 0.427. The summed E-state index contributed by atoms with van der Waals surface area (Å²) in [6.45, 7) is 1.99. The van der Waals surface area contributed by atoms with Crippen LogP contribution in [0.15, 0.2) is 33.5 Å². The van der Waals surface area contributed by atoms with E-state index in [-0.39, 0.29) is 5.56 Å². The monoisotopic (exact) mass is 310 g/mol. The molecule has 1 heterocycles. The smallest absolute Gasteiger partial charge is 0.251 e. The Hall–Kier alpha value is -1.49. The summed E-state index contributed by atoms with van der Waals surface area (Å²) < 4.78 is 14.3. The van der Waals surface area contributed by atoms with Crippen molar-refractivity contribution in [3.8, 4) is 11.3 Å². The number of rotatable bonds is 3. The van der Waals surface area contributed by atoms with Crippen LogP contribution in [0.2, 0.25) is 0 Å². The van der Waals surface area contributed by atoms with Gasteiger partial charge >= 0.3 is 0 Å². The molecule has 0 radical (unpaired) electrons. The van der Waals surface area contributed by atoms with E-state index in [1.807, 2.05) is 6.92 Å². The van der Waals surface area contributed by atoms with Crippen LogP contribution in [0.4, 0.5) is 4.39 Å². The van der Waals surface area contributed by atoms with Crippen LogP contribution in [-0.4, -0.2) is 9.97 Å². The van der Waals surface area contributed by atoms with E-state index in [4.69, 9.17) is 0 Å². The molecule has 0 amide bonds. The maximum Gasteiger partial charge on any atom is 0.251 e. The molecule has 0 saturated carbocycles. The molecular weight excluding hydrogens is 299 g/mol. The minimum absolute atomic E-state index is 0.261. The highest BCUT2D eigenvalue weighted by atomic mass is 79.9. The molecule has 0 unspecified atom stereocenters. The number of H-pyrrole nitrogens is 1. The summed E-state index contributed by atoms with van der Waals surface area (Å²) in [4.78, 5) is 18.5. The van der Waals surface area contributed by atoms with Crippen molar-refractivity contribution < 1.29 is 4.39 Å². The van der Waals surface area contributed by atoms with Crippen molar-refractivity contribution in [3.63, 3.8) is 0 Å². The molecule has 1 N–H and O–H groups in total. The van der Waals surface area contributed by atoms with Gasteiger partial charge in [0.15, 0.2) is 0 Å². The summed E-state index contributed by atoms with van der Waals surface area (Å²) in [6.07, 6.45) is 1.53. The lowest BCUT2D eigenvalue weighted by atomic mass is 10.1. The molecule has 0 fully saturated rings. The van der Waals surface area contributed by atoms with E-state index in [9.17, 15) is 9.18 Å². The number of halogens is 2. The minimum atomic E-state index is -0.405. The van der Waals surface area contributed by atoms with E-state index in [2.05, 4.69) is 25.9 Å². The van der Waals surface area contributed by atoms with Crippen molar-refractivity contribution in [2.75, 3.05) is 0 Å². The van der Waals surface area contributed by atoms with E-state index < -0.39 is 5.82 Å². The van der Waals surface area contributed by atoms with Crippen molar-refractivity contribution in [1.29, 1.82) is 0 Å². The quantitative estimate of drug-likeness (QED) is 0.945. The van der Waals surface area contributed by atoms with Crippen LogP contribution in [-0.2, 0) is 6.42 Å². The molecule has 1 aromatic carbocycles. The summed E-state index contributed by atoms with van der Waals surface area (Å²) >= 11 is 3.12. The summed E-state index contributed by atoms with van der Waals surface area (Å²) in [7, 11) is 0. The van der Waals surface area contributed by atoms with Gasteiger partial charge in [0.05, 0.1) is 10.2 Å². The maximum atomic E-state index is 13.9. The number of nitrogens with one attached hydrogen (secondary N) is 1. The molecule has 0 aliphatic carbocycles. The minimum Gasteiger partial charge on any atom is -0.311 e. The number of nitrogens with zero attached hydrogens (tertiary/aromatic N) is 1. The van der Waals surface area contributed by atoms with Crippen LogP contribution in [0.1, 0.15) is 19.2 Å². The van der Waals surface area contributed by atoms with Gasteiger partial charge in [0.1, 0.15) is 11.6 Å². The SMILES string of the molecule is CCCc1nc(-c2cccc(Br)c2F)cc(=O)[nH]1. The van der Waals surface area contributed by atoms with Gasteiger partial charge in [-0.3, -0.25) is 4.79 Å². The van der Waals surface area contributed by atoms with Crippen LogP contribution in [0.25, 0.3) is 11.3 Å². The first-order chi connectivity index (χ1) is 8.61. The molecule has 0 aliphatic rings. The molecule has 0 spiro atoms. The topological polar surface area (TPSA) is 45.8 Å². The van der Waals surface area contributed by atoms with Crippen LogP contribution in [0.5, 0.6) is 0 Å². The average Bonchev–Trinajstić information content (AvgIpc) is 2.32. The van der Waals surface area contributed by atoms with E-state index in [0.29, 0.717) is 28.0 Å². The number of aromatic amines is 1. The van der Waals surface area contributed by atoms with E-state index in [1.165, 1.54) is 6.07 Å². The van der Waals surface area contributed by atoms with Crippen molar-refractivity contribution in [2.24, 2.45) is 0 Å². The highest BCUT2D eigenvalue weighted by Crippen LogP contribution is 2.25. The van der Waals surface area contributed by atoms with Crippen LogP contribution in [0.3, 0.4) is 0 Å². The second kappa shape index (κ2) is 5.44. The molecule has 2 rings (SSSR count). The van der Waals surface area contributed by atoms with Gasteiger partial charge in [-0.05, 0) is 34.5 Å². The Kier molecular flexibility index (Phi) is 3.91. The zero-order valence-electron chi connectivity index (χ0n) is 9.84. The first kappa shape index (κ1) is 13.0. The maximum absolute atomic E-state index is 13.9. The van der Waals surface area contributed by atoms with Gasteiger partial charge in [0.25, 0.3) is 5.56 Å². The lowest BCUT2D eigenvalue weighted by Crippen LogP contribution is -2.11. The second-order valence-electron chi connectivity index (χ2n) is 3.93. The molecule has 1 aromatic heterocycles. The number of benzene rings is 1. The van der Waals surface area contributed by atoms with Gasteiger partial charge in [-0.2, -0.15) is 0 Å². The highest BCUT2D eigenvalue weighted by Gasteiger charge is 2.11. The Morgan fingerprint density at radius 2 is 2.22 bits per heavy atom. The Bertz CT molecular complexity index is 625. The summed E-state index contributed by atoms with van der Waals surface area (Å²) in [5, 5.41) is 0. The van der Waals surface area contributed by atoms with Crippen LogP contribution >= 0.6 is 15.9 Å². The van der Waals surface area contributed by atoms with Crippen molar-refractivity contribution in [2.45, 2.75) is 19.8 Å². The molecule has 0 saturated heterocycles. The zero-order valence-corrected chi connectivity index (χ0v) is 11.4. The standard InChI is InChI=1S/C13H12BrFN2O/c1-2-4-11-16-10(7-12(18)17-11)8-5-3-6-9(14)13(8)15/h3,5-7H,2,4H2,1H3,(H,16,17,18). The van der Waals surface area contributed by atoms with Gasteiger partial charge < -0.3 is 4.98 Å². The van der Waals surface area contributed by atoms with Crippen molar-refractivity contribution >= 4 is 15.9 Å². The molecular formula is C13H12BrFN2O. The van der Waals surface area contributed by atoms with Gasteiger partial charge in [-0.15, -0.1) is 0 Å². The Morgan fingerprint density at radius 3 is 2.94 bits per heavy atom. The third kappa shape index (κ3) is 2.67. The molecule has 18 heavy (non-hydrogen) atoms. The zero-order chi connectivity index (χ0) is 13.1. The third-order valence-electron chi connectivity index (χ3n) is 2.51. The molecule has 0 bridgehead atoms. The Balaban J connectivity index is 2.56. The van der Waals surface area contributed by atoms with Crippen LogP contribution < -0.4 is 5.56 Å². The van der Waals surface area contributed by atoms with Gasteiger partial charge in [-0.25, -0.2) is 9.37 Å². The Morgan fingerprint density at radius 1 is 1.44 bits per heavy atom. The number of hydrogen-bond acceptors (Lipinski definition) is 2. The van der Waals surface area contributed by atoms with Crippen LogP contribution in [0, 0.1) is 5.82 Å². The average molecular weight is 311 g/mol. The molecule has 5 heteroatoms. The summed E-state index contributed by atoms with van der Waals surface area (Å²) in [6, 6.07) is 6.24. The first-order valence-corrected chi connectivity index (χ1v) is 6.45. The van der Waals surface area contributed by atoms with Gasteiger partial charge in [0, 0.05) is 18.1 Å². The fourth-order valence-corrected chi connectivity index (χ4v) is 2.07. The Labute approximate surface area is 112 Å². The first-order valence-electron chi connectivity index (χ1n) is 5.66. The normalized spacial score (nSPS) is 10.6. The predicted molar refractivity (Wildman–Crippen MR) is 71.9 cm³/mol. The lowest BCUT2D eigenvalue weighted by molar-refractivity contribution is 0.623. The fraction of sp³-hybridized carbons (Fsp3) is 0.231. The van der Waals surface area contributed by atoms with Gasteiger partial charge in [0.2, 0.25) is 0 Å².